The predicted molar refractivity (Wildman–Crippen MR) is 65.4 cm³/mol. The summed E-state index contributed by atoms with van der Waals surface area (Å²) in [4.78, 5) is 1.83. The Morgan fingerprint density at radius 2 is 2.07 bits per heavy atom. The number of hydrogen-bond donors (Lipinski definition) is 3. The van der Waals surface area contributed by atoms with Crippen LogP contribution in [0.2, 0.25) is 0 Å². The van der Waals surface area contributed by atoms with Crippen LogP contribution in [-0.2, 0) is 0 Å². The standard InChI is InChI=1S/C11H21N3S/c12-11(13)15-8-9-4-3-7-14-6-2-1-5-10(9)14/h9-10H,1-8H2,(H3,12,13)/p+1/t9-,10+/m1/s1. The van der Waals surface area contributed by atoms with E-state index < -0.39 is 0 Å². The van der Waals surface area contributed by atoms with Gasteiger partial charge in [0.15, 0.2) is 5.17 Å². The molecule has 2 aliphatic heterocycles. The lowest BCUT2D eigenvalue weighted by molar-refractivity contribution is -0.939. The lowest BCUT2D eigenvalue weighted by Gasteiger charge is -2.41. The highest BCUT2D eigenvalue weighted by molar-refractivity contribution is 8.13. The van der Waals surface area contributed by atoms with E-state index in [0.29, 0.717) is 0 Å². The van der Waals surface area contributed by atoms with Gasteiger partial charge in [0.1, 0.15) is 0 Å². The van der Waals surface area contributed by atoms with Gasteiger partial charge in [-0.2, -0.15) is 0 Å². The van der Waals surface area contributed by atoms with Gasteiger partial charge in [0.05, 0.1) is 19.1 Å². The van der Waals surface area contributed by atoms with Crippen molar-refractivity contribution in [1.29, 1.82) is 5.41 Å². The van der Waals surface area contributed by atoms with Gasteiger partial charge >= 0.3 is 0 Å². The van der Waals surface area contributed by atoms with Crippen molar-refractivity contribution in [2.75, 3.05) is 18.8 Å². The minimum Gasteiger partial charge on any atom is -0.379 e. The molecule has 2 saturated heterocycles. The number of quaternary nitrogens is 1. The molecule has 0 aliphatic carbocycles. The van der Waals surface area contributed by atoms with Crippen LogP contribution >= 0.6 is 11.8 Å². The third-order valence-electron chi connectivity index (χ3n) is 3.88. The maximum Gasteiger partial charge on any atom is 0.151 e. The summed E-state index contributed by atoms with van der Waals surface area (Å²) in [6.45, 7) is 2.76. The second-order valence-corrected chi connectivity index (χ2v) is 5.90. The second-order valence-electron chi connectivity index (χ2n) is 4.84. The van der Waals surface area contributed by atoms with E-state index in [9.17, 15) is 0 Å². The number of fused-ring (bicyclic) bond motifs is 1. The number of thioether (sulfide) groups is 1. The molecule has 0 aromatic heterocycles. The number of rotatable bonds is 2. The van der Waals surface area contributed by atoms with Gasteiger partial charge in [-0.1, -0.05) is 11.8 Å². The summed E-state index contributed by atoms with van der Waals surface area (Å²) < 4.78 is 0. The second kappa shape index (κ2) is 5.21. The van der Waals surface area contributed by atoms with Crippen molar-refractivity contribution in [2.45, 2.75) is 38.1 Å². The Balaban J connectivity index is 1.88. The zero-order chi connectivity index (χ0) is 10.7. The molecule has 15 heavy (non-hydrogen) atoms. The molecule has 2 heterocycles. The summed E-state index contributed by atoms with van der Waals surface area (Å²) in [5.74, 6) is 1.88. The van der Waals surface area contributed by atoms with E-state index in [1.165, 1.54) is 45.2 Å². The lowest BCUT2D eigenvalue weighted by atomic mass is 9.85. The zero-order valence-electron chi connectivity index (χ0n) is 9.30. The molecule has 0 saturated carbocycles. The number of amidine groups is 1. The predicted octanol–water partition coefficient (Wildman–Crippen LogP) is 0.460. The first-order chi connectivity index (χ1) is 7.27. The van der Waals surface area contributed by atoms with Crippen LogP contribution in [0.5, 0.6) is 0 Å². The molecule has 0 bridgehead atoms. The molecule has 86 valence electrons. The van der Waals surface area contributed by atoms with E-state index in [1.807, 2.05) is 4.90 Å². The molecule has 0 aromatic carbocycles. The number of nitrogens with one attached hydrogen (secondary N) is 2. The molecule has 2 rings (SSSR count). The fourth-order valence-electron chi connectivity index (χ4n) is 3.17. The summed E-state index contributed by atoms with van der Waals surface area (Å²) in [7, 11) is 0. The van der Waals surface area contributed by atoms with E-state index >= 15 is 0 Å². The fourth-order valence-corrected chi connectivity index (χ4v) is 3.97. The maximum atomic E-state index is 7.28. The van der Waals surface area contributed by atoms with Crippen LogP contribution in [0.1, 0.15) is 32.1 Å². The monoisotopic (exact) mass is 228 g/mol. The summed E-state index contributed by atoms with van der Waals surface area (Å²) in [6.07, 6.45) is 6.95. The molecule has 3 atom stereocenters. The average molecular weight is 228 g/mol. The minimum atomic E-state index is 0.290. The van der Waals surface area contributed by atoms with Gasteiger partial charge in [0.25, 0.3) is 0 Å². The highest BCUT2D eigenvalue weighted by atomic mass is 32.2. The Hall–Kier alpha value is -0.220. The van der Waals surface area contributed by atoms with Crippen molar-refractivity contribution in [3.05, 3.63) is 0 Å². The molecule has 3 nitrogen and oxygen atoms in total. The van der Waals surface area contributed by atoms with Gasteiger partial charge in [-0.15, -0.1) is 0 Å². The number of piperidine rings is 2. The van der Waals surface area contributed by atoms with Crippen LogP contribution in [0, 0.1) is 11.3 Å². The van der Waals surface area contributed by atoms with E-state index in [0.717, 1.165) is 17.7 Å². The molecule has 4 heteroatoms. The average Bonchev–Trinajstić information content (AvgIpc) is 2.26. The number of hydrogen-bond acceptors (Lipinski definition) is 2. The van der Waals surface area contributed by atoms with Crippen molar-refractivity contribution >= 4 is 16.9 Å². The maximum absolute atomic E-state index is 7.28. The van der Waals surface area contributed by atoms with E-state index in [1.54, 1.807) is 11.8 Å². The molecule has 0 spiro atoms. The van der Waals surface area contributed by atoms with Crippen molar-refractivity contribution in [2.24, 2.45) is 11.7 Å². The normalized spacial score (nSPS) is 35.9. The topological polar surface area (TPSA) is 54.3 Å². The Labute approximate surface area is 96.3 Å². The fraction of sp³-hybridized carbons (Fsp3) is 0.909. The Bertz CT molecular complexity index is 230. The largest absolute Gasteiger partial charge is 0.379 e. The molecule has 4 N–H and O–H groups in total. The van der Waals surface area contributed by atoms with Crippen LogP contribution in [0.15, 0.2) is 0 Å². The van der Waals surface area contributed by atoms with Crippen LogP contribution < -0.4 is 10.6 Å². The quantitative estimate of drug-likeness (QED) is 0.475. The van der Waals surface area contributed by atoms with E-state index in [-0.39, 0.29) is 5.17 Å². The Morgan fingerprint density at radius 3 is 2.87 bits per heavy atom. The van der Waals surface area contributed by atoms with E-state index in [2.05, 4.69) is 0 Å². The van der Waals surface area contributed by atoms with Gasteiger partial charge in [-0.3, -0.25) is 5.41 Å². The van der Waals surface area contributed by atoms with Crippen molar-refractivity contribution in [3.63, 3.8) is 0 Å². The van der Waals surface area contributed by atoms with Crippen LogP contribution in [0.3, 0.4) is 0 Å². The highest BCUT2D eigenvalue weighted by Gasteiger charge is 2.36. The van der Waals surface area contributed by atoms with Gasteiger partial charge in [-0.05, 0) is 32.1 Å². The molecule has 2 fully saturated rings. The van der Waals surface area contributed by atoms with Gasteiger partial charge in [0, 0.05) is 11.7 Å². The molecule has 1 unspecified atom stereocenters. The lowest BCUT2D eigenvalue weighted by Crippen LogP contribution is -3.18. The first kappa shape index (κ1) is 11.3. The van der Waals surface area contributed by atoms with Gasteiger partial charge < -0.3 is 10.6 Å². The minimum absolute atomic E-state index is 0.290. The van der Waals surface area contributed by atoms with Gasteiger partial charge in [0.2, 0.25) is 0 Å². The first-order valence-corrected chi connectivity index (χ1v) is 7.07. The number of nitrogens with two attached hydrogens (primary N) is 1. The van der Waals surface area contributed by atoms with Crippen molar-refractivity contribution < 1.29 is 4.90 Å². The van der Waals surface area contributed by atoms with Crippen LogP contribution in [-0.4, -0.2) is 30.1 Å². The highest BCUT2D eigenvalue weighted by Crippen LogP contribution is 2.23. The summed E-state index contributed by atoms with van der Waals surface area (Å²) in [5, 5.41) is 7.57. The first-order valence-electron chi connectivity index (χ1n) is 6.09. The van der Waals surface area contributed by atoms with E-state index in [4.69, 9.17) is 11.1 Å². The summed E-state index contributed by atoms with van der Waals surface area (Å²) >= 11 is 1.54. The van der Waals surface area contributed by atoms with Crippen LogP contribution in [0.25, 0.3) is 0 Å². The molecule has 0 amide bonds. The SMILES string of the molecule is N=C(N)SC[C@H]1CCC[NH+]2CCCC[C@@H]12. The molecular formula is C11H22N3S+. The smallest absolute Gasteiger partial charge is 0.151 e. The van der Waals surface area contributed by atoms with Crippen molar-refractivity contribution in [3.8, 4) is 0 Å². The third-order valence-corrected chi connectivity index (χ3v) is 4.79. The third kappa shape index (κ3) is 2.88. The zero-order valence-corrected chi connectivity index (χ0v) is 10.1. The summed E-state index contributed by atoms with van der Waals surface area (Å²) in [6, 6.07) is 0.874. The summed E-state index contributed by atoms with van der Waals surface area (Å²) in [5.41, 5.74) is 5.42. The van der Waals surface area contributed by atoms with Crippen LogP contribution in [0.4, 0.5) is 0 Å². The molecular weight excluding hydrogens is 206 g/mol. The molecule has 0 radical (unpaired) electrons. The van der Waals surface area contributed by atoms with Gasteiger partial charge in [-0.25, -0.2) is 0 Å². The Kier molecular flexibility index (Phi) is 3.92. The molecule has 2 aliphatic rings. The van der Waals surface area contributed by atoms with Crippen molar-refractivity contribution in [1.82, 2.24) is 0 Å². The molecule has 0 aromatic rings. The Morgan fingerprint density at radius 1 is 1.27 bits per heavy atom.